The minimum Gasteiger partial charge on any atom is -0.390 e. The zero-order valence-corrected chi connectivity index (χ0v) is 12.0. The number of hydrogen-bond donors (Lipinski definition) is 2. The van der Waals surface area contributed by atoms with Crippen LogP contribution in [0.25, 0.3) is 0 Å². The van der Waals surface area contributed by atoms with Crippen molar-refractivity contribution in [1.29, 1.82) is 0 Å². The Bertz CT molecular complexity index is 592. The van der Waals surface area contributed by atoms with E-state index < -0.39 is 11.4 Å². The largest absolute Gasteiger partial charge is 0.390 e. The van der Waals surface area contributed by atoms with Gasteiger partial charge in [0.05, 0.1) is 17.7 Å². The van der Waals surface area contributed by atoms with Gasteiger partial charge >= 0.3 is 0 Å². The number of carbonyl (C=O) groups is 1. The Morgan fingerprint density at radius 1 is 1.48 bits per heavy atom. The number of nitrogens with two attached hydrogens (primary N) is 1. The summed E-state index contributed by atoms with van der Waals surface area (Å²) in [5, 5.41) is 9.88. The number of piperidine rings is 1. The summed E-state index contributed by atoms with van der Waals surface area (Å²) in [6.45, 7) is 2.82. The molecule has 5 heteroatoms. The zero-order valence-electron chi connectivity index (χ0n) is 12.0. The third kappa shape index (κ3) is 3.81. The molecule has 0 atom stereocenters. The fourth-order valence-corrected chi connectivity index (χ4v) is 2.28. The van der Waals surface area contributed by atoms with Crippen molar-refractivity contribution in [2.75, 3.05) is 19.6 Å². The second-order valence-electron chi connectivity index (χ2n) is 5.49. The molecule has 0 aliphatic carbocycles. The van der Waals surface area contributed by atoms with Gasteiger partial charge in [-0.15, -0.1) is 0 Å². The second kappa shape index (κ2) is 6.25. The van der Waals surface area contributed by atoms with E-state index in [2.05, 4.69) is 11.8 Å². The van der Waals surface area contributed by atoms with Crippen molar-refractivity contribution < 1.29 is 14.3 Å². The molecule has 0 spiro atoms. The Balaban J connectivity index is 2.13. The van der Waals surface area contributed by atoms with Gasteiger partial charge in [-0.1, -0.05) is 11.8 Å². The molecular formula is C16H19FN2O2. The molecule has 0 bridgehead atoms. The number of nitrogens with zero attached hydrogens (tertiary/aromatic N) is 1. The van der Waals surface area contributed by atoms with E-state index in [1.54, 1.807) is 17.9 Å². The minimum atomic E-state index is -0.739. The van der Waals surface area contributed by atoms with Gasteiger partial charge in [-0.25, -0.2) is 4.39 Å². The van der Waals surface area contributed by atoms with Gasteiger partial charge in [0, 0.05) is 18.7 Å². The monoisotopic (exact) mass is 290 g/mol. The predicted molar refractivity (Wildman–Crippen MR) is 78.1 cm³/mol. The van der Waals surface area contributed by atoms with Crippen LogP contribution in [0.1, 0.15) is 35.7 Å². The summed E-state index contributed by atoms with van der Waals surface area (Å²) in [7, 11) is 0. The third-order valence-electron chi connectivity index (χ3n) is 3.66. The van der Waals surface area contributed by atoms with Crippen molar-refractivity contribution in [2.24, 2.45) is 5.73 Å². The topological polar surface area (TPSA) is 66.6 Å². The highest BCUT2D eigenvalue weighted by molar-refractivity contribution is 5.94. The van der Waals surface area contributed by atoms with Crippen LogP contribution in [0.2, 0.25) is 0 Å². The molecule has 1 fully saturated rings. The van der Waals surface area contributed by atoms with E-state index in [-0.39, 0.29) is 18.0 Å². The molecule has 112 valence electrons. The molecule has 1 saturated heterocycles. The van der Waals surface area contributed by atoms with E-state index in [1.807, 2.05) is 0 Å². The fraction of sp³-hybridized carbons (Fsp3) is 0.438. The van der Waals surface area contributed by atoms with Crippen LogP contribution in [-0.2, 0) is 0 Å². The fourth-order valence-electron chi connectivity index (χ4n) is 2.28. The molecule has 4 nitrogen and oxygen atoms in total. The Kier molecular flexibility index (Phi) is 4.61. The number of likely N-dealkylation sites (tertiary alicyclic amines) is 1. The Morgan fingerprint density at radius 3 is 2.71 bits per heavy atom. The molecule has 1 aromatic carbocycles. The quantitative estimate of drug-likeness (QED) is 0.762. The molecule has 0 saturated carbocycles. The lowest BCUT2D eigenvalue weighted by molar-refractivity contribution is -0.00213. The Labute approximate surface area is 123 Å². The molecule has 1 amide bonds. The standard InChI is InChI=1S/C16H19FN2O2/c1-16(21)6-9-19(10-7-16)15(20)13-5-4-12(3-2-8-18)11-14(13)17/h4-5,11,21H,6-10,18H2,1H3. The highest BCUT2D eigenvalue weighted by atomic mass is 19.1. The average molecular weight is 290 g/mol. The maximum absolute atomic E-state index is 14.0. The number of amides is 1. The van der Waals surface area contributed by atoms with Crippen LogP contribution >= 0.6 is 0 Å². The van der Waals surface area contributed by atoms with Crippen molar-refractivity contribution >= 4 is 5.91 Å². The van der Waals surface area contributed by atoms with Crippen molar-refractivity contribution in [3.05, 3.63) is 35.1 Å². The number of halogens is 1. The van der Waals surface area contributed by atoms with Crippen LogP contribution in [0.4, 0.5) is 4.39 Å². The summed E-state index contributed by atoms with van der Waals surface area (Å²) in [6, 6.07) is 4.31. The first-order valence-electron chi connectivity index (χ1n) is 6.93. The molecule has 0 aromatic heterocycles. The molecule has 0 unspecified atom stereocenters. The smallest absolute Gasteiger partial charge is 0.256 e. The SMILES string of the molecule is CC1(O)CCN(C(=O)c2ccc(C#CCN)cc2F)CC1. The molecular weight excluding hydrogens is 271 g/mol. The average Bonchev–Trinajstić information content (AvgIpc) is 2.44. The van der Waals surface area contributed by atoms with Crippen LogP contribution < -0.4 is 5.73 Å². The molecule has 1 aliphatic rings. The van der Waals surface area contributed by atoms with Gasteiger partial charge < -0.3 is 15.7 Å². The van der Waals surface area contributed by atoms with Gasteiger partial charge in [-0.3, -0.25) is 4.79 Å². The lowest BCUT2D eigenvalue weighted by Gasteiger charge is -2.35. The van der Waals surface area contributed by atoms with Gasteiger partial charge in [0.2, 0.25) is 0 Å². The maximum Gasteiger partial charge on any atom is 0.256 e. The van der Waals surface area contributed by atoms with E-state index in [4.69, 9.17) is 5.73 Å². The first kappa shape index (κ1) is 15.5. The van der Waals surface area contributed by atoms with Crippen molar-refractivity contribution in [3.63, 3.8) is 0 Å². The summed E-state index contributed by atoms with van der Waals surface area (Å²) in [5.74, 6) is 4.44. The predicted octanol–water partition coefficient (Wildman–Crippen LogP) is 1.12. The number of carbonyl (C=O) groups excluding carboxylic acids is 1. The van der Waals surface area contributed by atoms with Gasteiger partial charge in [0.1, 0.15) is 5.82 Å². The van der Waals surface area contributed by atoms with Crippen LogP contribution in [0.3, 0.4) is 0 Å². The van der Waals surface area contributed by atoms with E-state index in [0.717, 1.165) is 0 Å². The second-order valence-corrected chi connectivity index (χ2v) is 5.49. The number of aliphatic hydroxyl groups is 1. The lowest BCUT2D eigenvalue weighted by atomic mass is 9.93. The molecule has 1 aliphatic heterocycles. The highest BCUT2D eigenvalue weighted by Gasteiger charge is 2.30. The number of hydrogen-bond acceptors (Lipinski definition) is 3. The van der Waals surface area contributed by atoms with Gasteiger partial charge in [0.25, 0.3) is 5.91 Å². The van der Waals surface area contributed by atoms with E-state index >= 15 is 0 Å². The van der Waals surface area contributed by atoms with E-state index in [0.29, 0.717) is 31.5 Å². The van der Waals surface area contributed by atoms with Crippen molar-refractivity contribution in [3.8, 4) is 11.8 Å². The third-order valence-corrected chi connectivity index (χ3v) is 3.66. The van der Waals surface area contributed by atoms with Crippen molar-refractivity contribution in [1.82, 2.24) is 4.90 Å². The maximum atomic E-state index is 14.0. The molecule has 0 radical (unpaired) electrons. The van der Waals surface area contributed by atoms with E-state index in [1.165, 1.54) is 12.1 Å². The summed E-state index contributed by atoms with van der Waals surface area (Å²) < 4.78 is 14.0. The summed E-state index contributed by atoms with van der Waals surface area (Å²) >= 11 is 0. The molecule has 3 N–H and O–H groups in total. The lowest BCUT2D eigenvalue weighted by Crippen LogP contribution is -2.45. The molecule has 2 rings (SSSR count). The first-order valence-corrected chi connectivity index (χ1v) is 6.93. The number of rotatable bonds is 1. The number of benzene rings is 1. The highest BCUT2D eigenvalue weighted by Crippen LogP contribution is 2.23. The van der Waals surface area contributed by atoms with Gasteiger partial charge in [0.15, 0.2) is 0 Å². The summed E-state index contributed by atoms with van der Waals surface area (Å²) in [6.07, 6.45) is 1.00. The van der Waals surface area contributed by atoms with Gasteiger partial charge in [-0.05, 0) is 38.0 Å². The van der Waals surface area contributed by atoms with Crippen LogP contribution in [0.15, 0.2) is 18.2 Å². The van der Waals surface area contributed by atoms with Crippen LogP contribution in [-0.4, -0.2) is 41.1 Å². The minimum absolute atomic E-state index is 0.0369. The summed E-state index contributed by atoms with van der Waals surface area (Å²) in [5.41, 5.74) is 5.06. The Hall–Kier alpha value is -1.90. The molecule has 1 aromatic rings. The summed E-state index contributed by atoms with van der Waals surface area (Å²) in [4.78, 5) is 13.9. The molecule has 1 heterocycles. The van der Waals surface area contributed by atoms with E-state index in [9.17, 15) is 14.3 Å². The normalized spacial score (nSPS) is 17.0. The zero-order chi connectivity index (χ0) is 15.5. The van der Waals surface area contributed by atoms with Crippen molar-refractivity contribution in [2.45, 2.75) is 25.4 Å². The van der Waals surface area contributed by atoms with Gasteiger partial charge in [-0.2, -0.15) is 0 Å². The first-order chi connectivity index (χ1) is 9.93. The Morgan fingerprint density at radius 2 is 2.14 bits per heavy atom. The van der Waals surface area contributed by atoms with Crippen LogP contribution in [0, 0.1) is 17.7 Å². The molecule has 21 heavy (non-hydrogen) atoms. The van der Waals surface area contributed by atoms with Crippen LogP contribution in [0.5, 0.6) is 0 Å².